The summed E-state index contributed by atoms with van der Waals surface area (Å²) in [4.78, 5) is 26.0. The number of carbonyl (C=O) groups is 2. The molecule has 6 nitrogen and oxygen atoms in total. The van der Waals surface area contributed by atoms with Crippen LogP contribution in [0.4, 0.5) is 10.5 Å². The number of nitrogens with one attached hydrogen (secondary N) is 2. The summed E-state index contributed by atoms with van der Waals surface area (Å²) in [6.45, 7) is 5.28. The van der Waals surface area contributed by atoms with E-state index < -0.39 is 0 Å². The summed E-state index contributed by atoms with van der Waals surface area (Å²) >= 11 is 0. The zero-order valence-electron chi connectivity index (χ0n) is 16.4. The van der Waals surface area contributed by atoms with Crippen molar-refractivity contribution in [3.63, 3.8) is 0 Å². The lowest BCUT2D eigenvalue weighted by molar-refractivity contribution is -0.131. The van der Waals surface area contributed by atoms with Gasteiger partial charge in [0.2, 0.25) is 5.91 Å². The summed E-state index contributed by atoms with van der Waals surface area (Å²) in [5.41, 5.74) is 1.74. The smallest absolute Gasteiger partial charge is 0.319 e. The summed E-state index contributed by atoms with van der Waals surface area (Å²) < 4.78 is 6.11. The maximum atomic E-state index is 12.4. The molecule has 1 aliphatic carbocycles. The first-order valence-corrected chi connectivity index (χ1v) is 10.2. The molecule has 1 saturated heterocycles. The largest absolute Gasteiger partial charge is 0.490 e. The highest BCUT2D eigenvalue weighted by molar-refractivity contribution is 5.90. The Morgan fingerprint density at radius 1 is 1.15 bits per heavy atom. The number of nitrogens with zero attached hydrogens (tertiary/aromatic N) is 1. The average Bonchev–Trinajstić information content (AvgIpc) is 3.18. The van der Waals surface area contributed by atoms with Gasteiger partial charge in [-0.1, -0.05) is 13.0 Å². The van der Waals surface area contributed by atoms with Gasteiger partial charge in [0.15, 0.2) is 0 Å². The lowest BCUT2D eigenvalue weighted by Crippen LogP contribution is -2.47. The molecule has 0 spiro atoms. The fourth-order valence-corrected chi connectivity index (χ4v) is 3.90. The van der Waals surface area contributed by atoms with E-state index in [1.54, 1.807) is 0 Å². The molecular formula is C21H31N3O3. The number of carbonyl (C=O) groups excluding carboxylic acids is 2. The molecule has 1 saturated carbocycles. The molecule has 1 aromatic carbocycles. The summed E-state index contributed by atoms with van der Waals surface area (Å²) in [5.74, 6) is 1.04. The molecule has 2 fully saturated rings. The first-order valence-electron chi connectivity index (χ1n) is 10.2. The number of urea groups is 1. The minimum atomic E-state index is -0.198. The maximum absolute atomic E-state index is 12.4. The number of anilines is 1. The minimum absolute atomic E-state index is 0.101. The third-order valence-electron chi connectivity index (χ3n) is 5.61. The number of benzene rings is 1. The third-order valence-corrected chi connectivity index (χ3v) is 5.61. The van der Waals surface area contributed by atoms with E-state index in [0.717, 1.165) is 42.7 Å². The molecule has 1 aliphatic heterocycles. The van der Waals surface area contributed by atoms with Gasteiger partial charge in [-0.25, -0.2) is 4.79 Å². The predicted octanol–water partition coefficient (Wildman–Crippen LogP) is 3.84. The van der Waals surface area contributed by atoms with E-state index in [9.17, 15) is 9.59 Å². The third kappa shape index (κ3) is 5.15. The van der Waals surface area contributed by atoms with Gasteiger partial charge in [0.1, 0.15) is 5.75 Å². The van der Waals surface area contributed by atoms with Gasteiger partial charge in [-0.3, -0.25) is 4.79 Å². The molecule has 27 heavy (non-hydrogen) atoms. The molecule has 1 heterocycles. The van der Waals surface area contributed by atoms with Gasteiger partial charge in [-0.05, 0) is 57.6 Å². The van der Waals surface area contributed by atoms with Crippen molar-refractivity contribution < 1.29 is 14.3 Å². The quantitative estimate of drug-likeness (QED) is 0.824. The fraction of sp³-hybridized carbons (Fsp3) is 0.619. The Labute approximate surface area is 161 Å². The monoisotopic (exact) mass is 373 g/mol. The summed E-state index contributed by atoms with van der Waals surface area (Å²) in [6.07, 6.45) is 7.10. The van der Waals surface area contributed by atoms with Gasteiger partial charge in [0.05, 0.1) is 6.10 Å². The van der Waals surface area contributed by atoms with Crippen LogP contribution in [0.5, 0.6) is 5.75 Å². The number of amides is 3. The van der Waals surface area contributed by atoms with Gasteiger partial charge in [-0.15, -0.1) is 0 Å². The van der Waals surface area contributed by atoms with Crippen molar-refractivity contribution in [3.05, 3.63) is 23.8 Å². The zero-order valence-corrected chi connectivity index (χ0v) is 16.4. The standard InChI is InChI=1S/C21H31N3O3/c1-3-20(25)24-13-11-16(12-14-24)22-21(26)23-18-9-6-10-19(15(18)2)27-17-7-4-5-8-17/h6,9-10,16-17H,3-5,7-8,11-14H2,1-2H3,(H2,22,23,26). The highest BCUT2D eigenvalue weighted by atomic mass is 16.5. The van der Waals surface area contributed by atoms with E-state index in [-0.39, 0.29) is 18.0 Å². The molecule has 0 unspecified atom stereocenters. The normalized spacial score (nSPS) is 18.4. The second-order valence-corrected chi connectivity index (χ2v) is 7.56. The van der Waals surface area contributed by atoms with E-state index in [4.69, 9.17) is 4.74 Å². The van der Waals surface area contributed by atoms with E-state index in [1.807, 2.05) is 36.9 Å². The SMILES string of the molecule is CCC(=O)N1CCC(NC(=O)Nc2cccc(OC3CCCC3)c2C)CC1. The van der Waals surface area contributed by atoms with Crippen LogP contribution in [0.3, 0.4) is 0 Å². The number of rotatable bonds is 5. The van der Waals surface area contributed by atoms with E-state index in [2.05, 4.69) is 10.6 Å². The minimum Gasteiger partial charge on any atom is -0.490 e. The molecule has 148 valence electrons. The number of ether oxygens (including phenoxy) is 1. The van der Waals surface area contributed by atoms with Crippen LogP contribution >= 0.6 is 0 Å². The Bertz CT molecular complexity index is 663. The van der Waals surface area contributed by atoms with Crippen molar-refractivity contribution >= 4 is 17.6 Å². The van der Waals surface area contributed by atoms with Crippen molar-refractivity contribution in [1.29, 1.82) is 0 Å². The van der Waals surface area contributed by atoms with E-state index >= 15 is 0 Å². The molecule has 0 radical (unpaired) electrons. The molecule has 6 heteroatoms. The Morgan fingerprint density at radius 3 is 2.52 bits per heavy atom. The molecule has 3 rings (SSSR count). The average molecular weight is 373 g/mol. The molecule has 1 aromatic rings. The first-order chi connectivity index (χ1) is 13.1. The Morgan fingerprint density at radius 2 is 1.85 bits per heavy atom. The van der Waals surface area contributed by atoms with Crippen LogP contribution in [0.25, 0.3) is 0 Å². The summed E-state index contributed by atoms with van der Waals surface area (Å²) in [5, 5.41) is 5.99. The van der Waals surface area contributed by atoms with Gasteiger partial charge in [-0.2, -0.15) is 0 Å². The number of likely N-dealkylation sites (tertiary alicyclic amines) is 1. The zero-order chi connectivity index (χ0) is 19.2. The Balaban J connectivity index is 1.51. The van der Waals surface area contributed by atoms with Crippen molar-refractivity contribution in [3.8, 4) is 5.75 Å². The topological polar surface area (TPSA) is 70.7 Å². The molecule has 2 N–H and O–H groups in total. The summed E-state index contributed by atoms with van der Waals surface area (Å²) in [6, 6.07) is 5.69. The van der Waals surface area contributed by atoms with Gasteiger partial charge in [0, 0.05) is 36.8 Å². The van der Waals surface area contributed by atoms with Gasteiger partial charge < -0.3 is 20.3 Å². The lowest BCUT2D eigenvalue weighted by atomic mass is 10.0. The van der Waals surface area contributed by atoms with Crippen LogP contribution in [-0.2, 0) is 4.79 Å². The van der Waals surface area contributed by atoms with Crippen LogP contribution in [0, 0.1) is 6.92 Å². The van der Waals surface area contributed by atoms with Crippen LogP contribution < -0.4 is 15.4 Å². The lowest BCUT2D eigenvalue weighted by Gasteiger charge is -2.32. The Hall–Kier alpha value is -2.24. The van der Waals surface area contributed by atoms with Crippen LogP contribution in [0.1, 0.15) is 57.4 Å². The first kappa shape index (κ1) is 19.5. The maximum Gasteiger partial charge on any atom is 0.319 e. The highest BCUT2D eigenvalue weighted by Crippen LogP contribution is 2.30. The number of hydrogen-bond acceptors (Lipinski definition) is 3. The van der Waals surface area contributed by atoms with Crippen molar-refractivity contribution in [1.82, 2.24) is 10.2 Å². The van der Waals surface area contributed by atoms with Crippen molar-refractivity contribution in [2.24, 2.45) is 0 Å². The Kier molecular flexibility index (Phi) is 6.58. The van der Waals surface area contributed by atoms with Crippen LogP contribution in [-0.4, -0.2) is 42.1 Å². The molecule has 2 aliphatic rings. The van der Waals surface area contributed by atoms with Gasteiger partial charge >= 0.3 is 6.03 Å². The molecule has 0 atom stereocenters. The van der Waals surface area contributed by atoms with E-state index in [1.165, 1.54) is 12.8 Å². The summed E-state index contributed by atoms with van der Waals surface area (Å²) in [7, 11) is 0. The molecular weight excluding hydrogens is 342 g/mol. The second kappa shape index (κ2) is 9.11. The number of hydrogen-bond donors (Lipinski definition) is 2. The van der Waals surface area contributed by atoms with Crippen molar-refractivity contribution in [2.45, 2.75) is 70.9 Å². The van der Waals surface area contributed by atoms with Gasteiger partial charge in [0.25, 0.3) is 0 Å². The highest BCUT2D eigenvalue weighted by Gasteiger charge is 2.23. The van der Waals surface area contributed by atoms with Crippen LogP contribution in [0.2, 0.25) is 0 Å². The molecule has 0 bridgehead atoms. The predicted molar refractivity (Wildman–Crippen MR) is 106 cm³/mol. The van der Waals surface area contributed by atoms with E-state index in [0.29, 0.717) is 25.6 Å². The van der Waals surface area contributed by atoms with Crippen molar-refractivity contribution in [2.75, 3.05) is 18.4 Å². The second-order valence-electron chi connectivity index (χ2n) is 7.56. The number of piperidine rings is 1. The molecule has 0 aromatic heterocycles. The van der Waals surface area contributed by atoms with Crippen LogP contribution in [0.15, 0.2) is 18.2 Å². The fourth-order valence-electron chi connectivity index (χ4n) is 3.90. The molecule has 3 amide bonds.